The van der Waals surface area contributed by atoms with Gasteiger partial charge in [-0.15, -0.1) is 5.10 Å². The van der Waals surface area contributed by atoms with Crippen molar-refractivity contribution < 1.29 is 4.74 Å². The third-order valence-corrected chi connectivity index (χ3v) is 5.61. The Labute approximate surface area is 147 Å². The molecule has 0 spiro atoms. The Kier molecular flexibility index (Phi) is 3.55. The highest BCUT2D eigenvalue weighted by Gasteiger charge is 2.41. The number of aryl methyl sites for hydroxylation is 1. The summed E-state index contributed by atoms with van der Waals surface area (Å²) < 4.78 is 5.56. The van der Waals surface area contributed by atoms with Crippen LogP contribution in [-0.4, -0.2) is 53.0 Å². The molecule has 0 amide bonds. The van der Waals surface area contributed by atoms with Crippen LogP contribution in [0.25, 0.3) is 0 Å². The molecule has 0 bridgehead atoms. The molecule has 2 aromatic rings. The molecule has 2 saturated heterocycles. The Hall–Kier alpha value is -2.28. The molecule has 7 nitrogen and oxygen atoms in total. The van der Waals surface area contributed by atoms with Crippen molar-refractivity contribution in [2.45, 2.75) is 20.0 Å². The van der Waals surface area contributed by atoms with Crippen LogP contribution in [0.4, 0.5) is 11.6 Å². The smallest absolute Gasteiger partial charge is 0.151 e. The predicted molar refractivity (Wildman–Crippen MR) is 93.6 cm³/mol. The Morgan fingerprint density at radius 3 is 2.48 bits per heavy atom. The first-order chi connectivity index (χ1) is 12.3. The first kappa shape index (κ1) is 15.0. The maximum atomic E-state index is 5.56. The molecule has 2 aromatic heterocycles. The minimum Gasteiger partial charge on any atom is -0.376 e. The van der Waals surface area contributed by atoms with Crippen LogP contribution in [0.1, 0.15) is 17.0 Å². The number of anilines is 2. The third-order valence-electron chi connectivity index (χ3n) is 5.61. The molecule has 2 atom stereocenters. The molecule has 3 aliphatic heterocycles. The van der Waals surface area contributed by atoms with E-state index >= 15 is 0 Å². The van der Waals surface area contributed by atoms with Gasteiger partial charge in [0.1, 0.15) is 12.1 Å². The van der Waals surface area contributed by atoms with Gasteiger partial charge in [-0.2, -0.15) is 5.10 Å². The summed E-state index contributed by atoms with van der Waals surface area (Å²) in [5, 5.41) is 8.91. The fourth-order valence-electron chi connectivity index (χ4n) is 4.27. The molecule has 0 radical (unpaired) electrons. The van der Waals surface area contributed by atoms with Crippen molar-refractivity contribution in [2.75, 3.05) is 42.6 Å². The van der Waals surface area contributed by atoms with Crippen molar-refractivity contribution in [1.29, 1.82) is 0 Å². The molecule has 0 N–H and O–H groups in total. The number of nitrogens with zero attached hydrogens (tertiary/aromatic N) is 6. The number of ether oxygens (including phenoxy) is 1. The largest absolute Gasteiger partial charge is 0.376 e. The summed E-state index contributed by atoms with van der Waals surface area (Å²) in [4.78, 5) is 13.4. The number of hydrogen-bond donors (Lipinski definition) is 0. The highest BCUT2D eigenvalue weighted by atomic mass is 16.5. The molecule has 0 aliphatic carbocycles. The molecule has 2 unspecified atom stereocenters. The molecular formula is C18H22N6O. The number of hydrogen-bond acceptors (Lipinski definition) is 7. The second-order valence-electron chi connectivity index (χ2n) is 7.32. The van der Waals surface area contributed by atoms with E-state index in [0.29, 0.717) is 18.4 Å². The summed E-state index contributed by atoms with van der Waals surface area (Å²) in [6, 6.07) is 4.25. The Morgan fingerprint density at radius 2 is 1.72 bits per heavy atom. The van der Waals surface area contributed by atoms with Crippen LogP contribution in [0.3, 0.4) is 0 Å². The van der Waals surface area contributed by atoms with E-state index < -0.39 is 0 Å². The van der Waals surface area contributed by atoms with E-state index in [-0.39, 0.29) is 0 Å². The molecule has 0 saturated carbocycles. The van der Waals surface area contributed by atoms with E-state index in [2.05, 4.69) is 42.1 Å². The lowest BCUT2D eigenvalue weighted by Gasteiger charge is -2.24. The predicted octanol–water partition coefficient (Wildman–Crippen LogP) is 1.22. The van der Waals surface area contributed by atoms with Crippen molar-refractivity contribution in [3.8, 4) is 0 Å². The van der Waals surface area contributed by atoms with Crippen LogP contribution >= 0.6 is 0 Å². The summed E-state index contributed by atoms with van der Waals surface area (Å²) in [5.41, 5.74) is 3.32. The van der Waals surface area contributed by atoms with Crippen molar-refractivity contribution >= 4 is 11.6 Å². The fourth-order valence-corrected chi connectivity index (χ4v) is 4.27. The van der Waals surface area contributed by atoms with Crippen molar-refractivity contribution in [1.82, 2.24) is 20.2 Å². The van der Waals surface area contributed by atoms with Crippen molar-refractivity contribution in [2.24, 2.45) is 11.8 Å². The van der Waals surface area contributed by atoms with E-state index in [1.807, 2.05) is 6.92 Å². The zero-order chi connectivity index (χ0) is 16.8. The summed E-state index contributed by atoms with van der Waals surface area (Å²) in [7, 11) is 0. The van der Waals surface area contributed by atoms with Crippen LogP contribution < -0.4 is 9.80 Å². The van der Waals surface area contributed by atoms with Crippen LogP contribution in [0.5, 0.6) is 0 Å². The average Bonchev–Trinajstić information content (AvgIpc) is 3.20. The van der Waals surface area contributed by atoms with Crippen LogP contribution in [0.2, 0.25) is 0 Å². The van der Waals surface area contributed by atoms with E-state index in [0.717, 1.165) is 62.2 Å². The standard InChI is InChI=1S/C18H22N6O/c1-12-4-17(20-11-19-12)23-6-14-8-24(9-15(14)7-23)18-5-13-10-25-3-2-16(13)21-22-18/h4-5,11,14-15H,2-3,6-10H2,1H3. The molecule has 25 heavy (non-hydrogen) atoms. The zero-order valence-corrected chi connectivity index (χ0v) is 14.4. The minimum absolute atomic E-state index is 0.657. The Morgan fingerprint density at radius 1 is 0.960 bits per heavy atom. The Balaban J connectivity index is 1.29. The van der Waals surface area contributed by atoms with Gasteiger partial charge in [0.15, 0.2) is 5.82 Å². The number of rotatable bonds is 2. The lowest BCUT2D eigenvalue weighted by atomic mass is 10.0. The van der Waals surface area contributed by atoms with E-state index in [4.69, 9.17) is 4.74 Å². The van der Waals surface area contributed by atoms with E-state index in [1.165, 1.54) is 5.56 Å². The van der Waals surface area contributed by atoms with Gasteiger partial charge in [0.2, 0.25) is 0 Å². The zero-order valence-electron chi connectivity index (χ0n) is 14.4. The van der Waals surface area contributed by atoms with Gasteiger partial charge in [0, 0.05) is 61.8 Å². The molecule has 0 aromatic carbocycles. The van der Waals surface area contributed by atoms with Crippen LogP contribution in [0, 0.1) is 18.8 Å². The lowest BCUT2D eigenvalue weighted by Crippen LogP contribution is -2.30. The topological polar surface area (TPSA) is 67.3 Å². The maximum Gasteiger partial charge on any atom is 0.151 e. The monoisotopic (exact) mass is 338 g/mol. The SMILES string of the molecule is Cc1cc(N2CC3CN(c4cc5c(nn4)CCOC5)CC3C2)ncn1. The summed E-state index contributed by atoms with van der Waals surface area (Å²) in [5.74, 6) is 3.37. The molecule has 2 fully saturated rings. The average molecular weight is 338 g/mol. The highest BCUT2D eigenvalue weighted by Crippen LogP contribution is 2.35. The maximum absolute atomic E-state index is 5.56. The molecule has 130 valence electrons. The summed E-state index contributed by atoms with van der Waals surface area (Å²) in [6.07, 6.45) is 2.54. The quantitative estimate of drug-likeness (QED) is 0.815. The highest BCUT2D eigenvalue weighted by molar-refractivity contribution is 5.46. The van der Waals surface area contributed by atoms with Crippen molar-refractivity contribution in [3.05, 3.63) is 35.4 Å². The Bertz CT molecular complexity index is 783. The van der Waals surface area contributed by atoms with Gasteiger partial charge in [0.05, 0.1) is 18.9 Å². The lowest BCUT2D eigenvalue weighted by molar-refractivity contribution is 0.109. The van der Waals surface area contributed by atoms with Gasteiger partial charge in [-0.3, -0.25) is 0 Å². The molecular weight excluding hydrogens is 316 g/mol. The third kappa shape index (κ3) is 2.72. The molecule has 5 rings (SSSR count). The van der Waals surface area contributed by atoms with Gasteiger partial charge < -0.3 is 14.5 Å². The first-order valence-corrected chi connectivity index (χ1v) is 8.98. The number of aromatic nitrogens is 4. The first-order valence-electron chi connectivity index (χ1n) is 8.98. The molecule has 3 aliphatic rings. The van der Waals surface area contributed by atoms with Gasteiger partial charge >= 0.3 is 0 Å². The van der Waals surface area contributed by atoms with Crippen LogP contribution in [-0.2, 0) is 17.8 Å². The van der Waals surface area contributed by atoms with Gasteiger partial charge in [-0.25, -0.2) is 9.97 Å². The number of fused-ring (bicyclic) bond motifs is 2. The van der Waals surface area contributed by atoms with Crippen LogP contribution in [0.15, 0.2) is 18.5 Å². The summed E-state index contributed by atoms with van der Waals surface area (Å²) >= 11 is 0. The fraction of sp³-hybridized carbons (Fsp3) is 0.556. The summed E-state index contributed by atoms with van der Waals surface area (Å²) in [6.45, 7) is 7.63. The van der Waals surface area contributed by atoms with E-state index in [9.17, 15) is 0 Å². The van der Waals surface area contributed by atoms with Gasteiger partial charge in [0.25, 0.3) is 0 Å². The molecule has 7 heteroatoms. The second kappa shape index (κ2) is 5.91. The molecule has 5 heterocycles. The van der Waals surface area contributed by atoms with Crippen molar-refractivity contribution in [3.63, 3.8) is 0 Å². The second-order valence-corrected chi connectivity index (χ2v) is 7.32. The van der Waals surface area contributed by atoms with E-state index in [1.54, 1.807) is 6.33 Å². The minimum atomic E-state index is 0.657. The normalized spacial score (nSPS) is 25.2. The van der Waals surface area contributed by atoms with Gasteiger partial charge in [-0.05, 0) is 13.0 Å². The van der Waals surface area contributed by atoms with Gasteiger partial charge in [-0.1, -0.05) is 0 Å².